The first kappa shape index (κ1) is 28.7. The zero-order valence-corrected chi connectivity index (χ0v) is 24.8. The highest BCUT2D eigenvalue weighted by Crippen LogP contribution is 2.61. The predicted octanol–water partition coefficient (Wildman–Crippen LogP) is 3.99. The first-order valence-electron chi connectivity index (χ1n) is 15.7. The second-order valence-corrected chi connectivity index (χ2v) is 13.2. The van der Waals surface area contributed by atoms with E-state index >= 15 is 0 Å². The van der Waals surface area contributed by atoms with Gasteiger partial charge in [0.1, 0.15) is 12.4 Å². The van der Waals surface area contributed by atoms with E-state index in [4.69, 9.17) is 4.74 Å². The molecule has 0 aromatic heterocycles. The molecular weight excluding hydrogens is 528 g/mol. The number of hydrogen-bond acceptors (Lipinski definition) is 5. The lowest BCUT2D eigenvalue weighted by atomic mass is 9.49. The first-order chi connectivity index (χ1) is 20.4. The number of rotatable bonds is 10. The van der Waals surface area contributed by atoms with Gasteiger partial charge in [-0.3, -0.25) is 19.3 Å². The summed E-state index contributed by atoms with van der Waals surface area (Å²) in [6.07, 6.45) is 8.36. The number of ether oxygens (including phenoxy) is 1. The molecule has 4 bridgehead atoms. The average molecular weight is 573 g/mol. The third-order valence-corrected chi connectivity index (χ3v) is 10.1. The standard InChI is InChI=1S/C34H44N4O4/c1-35-33(41)28-8-6-24(7-9-28)23-42-30-5-3-2-4-29(30)22-37-10-12-38(13-11-37)32(40)21-36-31(39)20-34-17-25-14-26(18-34)16-27(15-25)19-34/h2-9,25-27H,10-23H2,1H3,(H,35,41)(H,36,39). The van der Waals surface area contributed by atoms with Gasteiger partial charge in [-0.05, 0) is 85.5 Å². The summed E-state index contributed by atoms with van der Waals surface area (Å²) in [5.41, 5.74) is 2.93. The molecule has 5 aliphatic rings. The highest BCUT2D eigenvalue weighted by Gasteiger charge is 2.51. The van der Waals surface area contributed by atoms with Gasteiger partial charge in [-0.25, -0.2) is 0 Å². The lowest BCUT2D eigenvalue weighted by Gasteiger charge is -2.56. The number of carbonyl (C=O) groups is 3. The summed E-state index contributed by atoms with van der Waals surface area (Å²) in [7, 11) is 1.62. The lowest BCUT2D eigenvalue weighted by molar-refractivity contribution is -0.136. The molecule has 2 N–H and O–H groups in total. The maximum atomic E-state index is 12.9. The van der Waals surface area contributed by atoms with Crippen LogP contribution in [0, 0.1) is 23.2 Å². The van der Waals surface area contributed by atoms with E-state index in [2.05, 4.69) is 21.6 Å². The molecule has 2 aromatic carbocycles. The molecule has 1 aliphatic heterocycles. The Morgan fingerprint density at radius 2 is 1.52 bits per heavy atom. The van der Waals surface area contributed by atoms with Gasteiger partial charge < -0.3 is 20.3 Å². The summed E-state index contributed by atoms with van der Waals surface area (Å²) >= 11 is 0. The quantitative estimate of drug-likeness (QED) is 0.449. The van der Waals surface area contributed by atoms with Crippen LogP contribution >= 0.6 is 0 Å². The molecule has 5 fully saturated rings. The third kappa shape index (κ3) is 6.64. The highest BCUT2D eigenvalue weighted by atomic mass is 16.5. The second kappa shape index (κ2) is 12.5. The van der Waals surface area contributed by atoms with Crippen molar-refractivity contribution in [2.45, 2.75) is 58.1 Å². The monoisotopic (exact) mass is 572 g/mol. The van der Waals surface area contributed by atoms with Crippen molar-refractivity contribution in [3.8, 4) is 5.75 Å². The van der Waals surface area contributed by atoms with Crippen molar-refractivity contribution >= 4 is 17.7 Å². The van der Waals surface area contributed by atoms with Crippen LogP contribution in [0.15, 0.2) is 48.5 Å². The molecule has 7 rings (SSSR count). The summed E-state index contributed by atoms with van der Waals surface area (Å²) < 4.78 is 6.16. The molecule has 1 saturated heterocycles. The van der Waals surface area contributed by atoms with Gasteiger partial charge in [-0.1, -0.05) is 30.3 Å². The van der Waals surface area contributed by atoms with Gasteiger partial charge in [0, 0.05) is 57.3 Å². The summed E-state index contributed by atoms with van der Waals surface area (Å²) in [6.45, 7) is 4.14. The lowest BCUT2D eigenvalue weighted by Crippen LogP contribution is -2.51. The molecule has 1 heterocycles. The molecule has 0 radical (unpaired) electrons. The SMILES string of the molecule is CNC(=O)c1ccc(COc2ccccc2CN2CCN(C(=O)CNC(=O)CC34CC5CC(CC(C5)C3)C4)CC2)cc1. The number of nitrogens with zero attached hydrogens (tertiary/aromatic N) is 2. The Balaban J connectivity index is 0.936. The average Bonchev–Trinajstić information content (AvgIpc) is 2.99. The van der Waals surface area contributed by atoms with Crippen LogP contribution in [0.4, 0.5) is 0 Å². The van der Waals surface area contributed by atoms with Crippen LogP contribution in [-0.2, 0) is 22.7 Å². The highest BCUT2D eigenvalue weighted by molar-refractivity contribution is 5.93. The fourth-order valence-electron chi connectivity index (χ4n) is 8.42. The van der Waals surface area contributed by atoms with Gasteiger partial charge in [0.15, 0.2) is 0 Å². The van der Waals surface area contributed by atoms with Crippen LogP contribution < -0.4 is 15.4 Å². The predicted molar refractivity (Wildman–Crippen MR) is 161 cm³/mol. The van der Waals surface area contributed by atoms with E-state index < -0.39 is 0 Å². The van der Waals surface area contributed by atoms with Crippen molar-refractivity contribution in [1.29, 1.82) is 0 Å². The normalized spacial score (nSPS) is 26.6. The van der Waals surface area contributed by atoms with Crippen LogP contribution in [0.1, 0.15) is 66.4 Å². The zero-order chi connectivity index (χ0) is 29.1. The first-order valence-corrected chi connectivity index (χ1v) is 15.7. The van der Waals surface area contributed by atoms with Gasteiger partial charge in [0.2, 0.25) is 11.8 Å². The Kier molecular flexibility index (Phi) is 8.52. The summed E-state index contributed by atoms with van der Waals surface area (Å²) in [4.78, 5) is 41.8. The second-order valence-electron chi connectivity index (χ2n) is 13.2. The van der Waals surface area contributed by atoms with E-state index in [1.807, 2.05) is 35.2 Å². The van der Waals surface area contributed by atoms with E-state index in [0.717, 1.165) is 54.3 Å². The van der Waals surface area contributed by atoms with Crippen LogP contribution in [0.25, 0.3) is 0 Å². The van der Waals surface area contributed by atoms with E-state index in [9.17, 15) is 14.4 Å². The van der Waals surface area contributed by atoms with E-state index in [1.165, 1.54) is 38.5 Å². The Morgan fingerprint density at radius 3 is 2.17 bits per heavy atom. The minimum Gasteiger partial charge on any atom is -0.489 e. The molecule has 2 aromatic rings. The number of nitrogens with one attached hydrogen (secondary N) is 2. The van der Waals surface area contributed by atoms with Crippen molar-refractivity contribution in [3.63, 3.8) is 0 Å². The molecule has 0 spiro atoms. The Morgan fingerprint density at radius 1 is 0.881 bits per heavy atom. The maximum Gasteiger partial charge on any atom is 0.251 e. The van der Waals surface area contributed by atoms with Gasteiger partial charge in [-0.2, -0.15) is 0 Å². The largest absolute Gasteiger partial charge is 0.489 e. The van der Waals surface area contributed by atoms with Gasteiger partial charge >= 0.3 is 0 Å². The summed E-state index contributed by atoms with van der Waals surface area (Å²) in [5.74, 6) is 3.29. The molecule has 8 nitrogen and oxygen atoms in total. The molecule has 4 saturated carbocycles. The molecule has 0 unspecified atom stereocenters. The number of piperazine rings is 1. The van der Waals surface area contributed by atoms with Crippen LogP contribution in [0.3, 0.4) is 0 Å². The molecule has 224 valence electrons. The molecule has 0 atom stereocenters. The zero-order valence-electron chi connectivity index (χ0n) is 24.8. The number of amides is 3. The van der Waals surface area contributed by atoms with Crippen LogP contribution in [0.5, 0.6) is 5.75 Å². The smallest absolute Gasteiger partial charge is 0.251 e. The summed E-state index contributed by atoms with van der Waals surface area (Å²) in [6, 6.07) is 15.5. The van der Waals surface area contributed by atoms with Crippen LogP contribution in [0.2, 0.25) is 0 Å². The molecule has 8 heteroatoms. The molecular formula is C34H44N4O4. The Bertz CT molecular complexity index is 1250. The summed E-state index contributed by atoms with van der Waals surface area (Å²) in [5, 5.41) is 5.61. The maximum absolute atomic E-state index is 12.9. The fourth-order valence-corrected chi connectivity index (χ4v) is 8.42. The molecule has 3 amide bonds. The number of carbonyl (C=O) groups excluding carboxylic acids is 3. The fraction of sp³-hybridized carbons (Fsp3) is 0.559. The number of benzene rings is 2. The van der Waals surface area contributed by atoms with E-state index in [1.54, 1.807) is 19.2 Å². The third-order valence-electron chi connectivity index (χ3n) is 10.1. The van der Waals surface area contributed by atoms with Crippen molar-refractivity contribution in [1.82, 2.24) is 20.4 Å². The van der Waals surface area contributed by atoms with Crippen LogP contribution in [-0.4, -0.2) is 67.3 Å². The van der Waals surface area contributed by atoms with Crippen molar-refractivity contribution in [2.24, 2.45) is 23.2 Å². The molecule has 42 heavy (non-hydrogen) atoms. The van der Waals surface area contributed by atoms with Crippen molar-refractivity contribution in [3.05, 3.63) is 65.2 Å². The van der Waals surface area contributed by atoms with Gasteiger partial charge in [-0.15, -0.1) is 0 Å². The topological polar surface area (TPSA) is 91.0 Å². The van der Waals surface area contributed by atoms with E-state index in [0.29, 0.717) is 31.7 Å². The molecule has 4 aliphatic carbocycles. The minimum absolute atomic E-state index is 0.0136. The van der Waals surface area contributed by atoms with Crippen molar-refractivity contribution in [2.75, 3.05) is 39.8 Å². The number of para-hydroxylation sites is 1. The minimum atomic E-state index is -0.105. The number of hydrogen-bond donors (Lipinski definition) is 2. The van der Waals surface area contributed by atoms with Gasteiger partial charge in [0.25, 0.3) is 5.91 Å². The van der Waals surface area contributed by atoms with Crippen molar-refractivity contribution < 1.29 is 19.1 Å². The Labute approximate surface area is 249 Å². The van der Waals surface area contributed by atoms with E-state index in [-0.39, 0.29) is 29.7 Å². The van der Waals surface area contributed by atoms with Gasteiger partial charge in [0.05, 0.1) is 6.54 Å². The Hall–Kier alpha value is -3.39.